The molecule has 6 nitrogen and oxygen atoms in total. The number of rotatable bonds is 4. The molecule has 0 aromatic heterocycles. The largest absolute Gasteiger partial charge is 0.508 e. The molecule has 1 saturated heterocycles. The summed E-state index contributed by atoms with van der Waals surface area (Å²) in [7, 11) is 0. The fourth-order valence-corrected chi connectivity index (χ4v) is 4.33. The molecule has 0 spiro atoms. The minimum Gasteiger partial charge on any atom is -0.508 e. The molecular formula is C23H28O6. The van der Waals surface area contributed by atoms with Crippen molar-refractivity contribution in [2.75, 3.05) is 6.61 Å². The highest BCUT2D eigenvalue weighted by Gasteiger charge is 2.38. The van der Waals surface area contributed by atoms with Gasteiger partial charge in [-0.2, -0.15) is 0 Å². The normalized spacial score (nSPS) is 28.8. The van der Waals surface area contributed by atoms with E-state index >= 15 is 0 Å². The van der Waals surface area contributed by atoms with E-state index in [1.165, 1.54) is 16.7 Å². The van der Waals surface area contributed by atoms with Gasteiger partial charge in [0.15, 0.2) is 0 Å². The van der Waals surface area contributed by atoms with Crippen LogP contribution in [0.2, 0.25) is 0 Å². The van der Waals surface area contributed by atoms with E-state index in [9.17, 15) is 20.4 Å². The first-order valence-corrected chi connectivity index (χ1v) is 10.1. The van der Waals surface area contributed by atoms with Crippen molar-refractivity contribution in [3.63, 3.8) is 0 Å². The number of benzene rings is 2. The third-order valence-corrected chi connectivity index (χ3v) is 6.20. The molecule has 4 rings (SSSR count). The molecule has 2 aliphatic heterocycles. The van der Waals surface area contributed by atoms with Crippen LogP contribution in [0, 0.1) is 13.8 Å². The maximum absolute atomic E-state index is 10.4. The van der Waals surface area contributed by atoms with Crippen LogP contribution in [-0.2, 0) is 17.6 Å². The summed E-state index contributed by atoms with van der Waals surface area (Å²) in [5.41, 5.74) is 5.33. The van der Waals surface area contributed by atoms with E-state index in [-0.39, 0.29) is 18.3 Å². The summed E-state index contributed by atoms with van der Waals surface area (Å²) < 4.78 is 11.9. The zero-order valence-electron chi connectivity index (χ0n) is 16.7. The number of phenols is 1. The Kier molecular flexibility index (Phi) is 5.53. The highest BCUT2D eigenvalue weighted by molar-refractivity contribution is 5.47. The molecule has 6 heteroatoms. The third-order valence-electron chi connectivity index (χ3n) is 6.20. The number of aryl methyl sites for hydroxylation is 1. The molecular weight excluding hydrogens is 372 g/mol. The molecule has 1 unspecified atom stereocenters. The molecule has 2 aliphatic rings. The van der Waals surface area contributed by atoms with Gasteiger partial charge >= 0.3 is 0 Å². The first-order chi connectivity index (χ1) is 13.9. The summed E-state index contributed by atoms with van der Waals surface area (Å²) in [6.07, 6.45) is -1.95. The molecule has 4 N–H and O–H groups in total. The average molecular weight is 400 g/mol. The molecule has 0 amide bonds. The van der Waals surface area contributed by atoms with Crippen LogP contribution in [0.5, 0.6) is 11.5 Å². The lowest BCUT2D eigenvalue weighted by Gasteiger charge is -2.36. The summed E-state index contributed by atoms with van der Waals surface area (Å²) in [6, 6.07) is 9.45. The number of aromatic hydroxyl groups is 1. The van der Waals surface area contributed by atoms with Crippen LogP contribution < -0.4 is 4.74 Å². The fourth-order valence-electron chi connectivity index (χ4n) is 4.33. The van der Waals surface area contributed by atoms with Gasteiger partial charge in [-0.25, -0.2) is 0 Å². The maximum Gasteiger partial charge on any atom is 0.123 e. The fraction of sp³-hybridized carbons (Fsp3) is 0.478. The Bertz CT molecular complexity index is 895. The Morgan fingerprint density at radius 3 is 2.66 bits per heavy atom. The van der Waals surface area contributed by atoms with Gasteiger partial charge in [0.25, 0.3) is 0 Å². The van der Waals surface area contributed by atoms with Gasteiger partial charge in [-0.1, -0.05) is 12.1 Å². The highest BCUT2D eigenvalue weighted by atomic mass is 16.5. The Morgan fingerprint density at radius 2 is 1.90 bits per heavy atom. The SMILES string of the molecule is Cc1ccc2c(c1C)CC(Cc1ccc(O)c([C@H]3C[C@@H](O)[C@H](O)[C@@H](CO)O3)c1)O2. The lowest BCUT2D eigenvalue weighted by atomic mass is 9.91. The molecule has 2 aromatic rings. The van der Waals surface area contributed by atoms with Crippen molar-refractivity contribution in [1.29, 1.82) is 0 Å². The lowest BCUT2D eigenvalue weighted by molar-refractivity contribution is -0.181. The van der Waals surface area contributed by atoms with E-state index < -0.39 is 31.0 Å². The molecule has 2 heterocycles. The summed E-state index contributed by atoms with van der Waals surface area (Å²) in [4.78, 5) is 0. The number of hydrogen-bond donors (Lipinski definition) is 4. The van der Waals surface area contributed by atoms with Crippen LogP contribution in [0.15, 0.2) is 30.3 Å². The van der Waals surface area contributed by atoms with Crippen LogP contribution in [0.1, 0.15) is 40.3 Å². The molecule has 0 aliphatic carbocycles. The van der Waals surface area contributed by atoms with Crippen LogP contribution in [0.4, 0.5) is 0 Å². The van der Waals surface area contributed by atoms with Crippen molar-refractivity contribution in [1.82, 2.24) is 0 Å². The average Bonchev–Trinajstić information content (AvgIpc) is 3.11. The summed E-state index contributed by atoms with van der Waals surface area (Å²) in [5.74, 6) is 1.01. The number of ether oxygens (including phenoxy) is 2. The smallest absolute Gasteiger partial charge is 0.123 e. The quantitative estimate of drug-likeness (QED) is 0.627. The lowest BCUT2D eigenvalue weighted by Crippen LogP contribution is -2.47. The second-order valence-electron chi connectivity index (χ2n) is 8.16. The molecule has 1 fully saturated rings. The van der Waals surface area contributed by atoms with Gasteiger partial charge in [-0.3, -0.25) is 0 Å². The zero-order chi connectivity index (χ0) is 20.7. The van der Waals surface area contributed by atoms with Crippen molar-refractivity contribution in [2.24, 2.45) is 0 Å². The minimum atomic E-state index is -1.14. The second kappa shape index (κ2) is 7.95. The first-order valence-electron chi connectivity index (χ1n) is 10.1. The number of phenolic OH excluding ortho intramolecular Hbond substituents is 1. The van der Waals surface area contributed by atoms with Crippen molar-refractivity contribution >= 4 is 0 Å². The van der Waals surface area contributed by atoms with Gasteiger partial charge in [0.2, 0.25) is 0 Å². The third kappa shape index (κ3) is 3.85. The van der Waals surface area contributed by atoms with Gasteiger partial charge < -0.3 is 29.9 Å². The number of aliphatic hydroxyl groups is 3. The Morgan fingerprint density at radius 1 is 1.10 bits per heavy atom. The number of hydrogen-bond acceptors (Lipinski definition) is 6. The first kappa shape index (κ1) is 20.2. The van der Waals surface area contributed by atoms with Gasteiger partial charge in [0, 0.05) is 30.4 Å². The summed E-state index contributed by atoms with van der Waals surface area (Å²) in [6.45, 7) is 3.82. The summed E-state index contributed by atoms with van der Waals surface area (Å²) >= 11 is 0. The van der Waals surface area contributed by atoms with Crippen LogP contribution in [0.25, 0.3) is 0 Å². The molecule has 156 valence electrons. The van der Waals surface area contributed by atoms with Crippen molar-refractivity contribution in [3.05, 3.63) is 58.1 Å². The maximum atomic E-state index is 10.4. The van der Waals surface area contributed by atoms with E-state index in [1.807, 2.05) is 18.2 Å². The van der Waals surface area contributed by atoms with Crippen LogP contribution in [0.3, 0.4) is 0 Å². The predicted molar refractivity (Wildman–Crippen MR) is 107 cm³/mol. The molecule has 0 radical (unpaired) electrons. The Labute approximate surface area is 170 Å². The van der Waals surface area contributed by atoms with Gasteiger partial charge in [0.1, 0.15) is 29.8 Å². The molecule has 0 saturated carbocycles. The van der Waals surface area contributed by atoms with Gasteiger partial charge in [-0.05, 0) is 48.7 Å². The summed E-state index contributed by atoms with van der Waals surface area (Å²) in [5, 5.41) is 39.8. The van der Waals surface area contributed by atoms with Crippen molar-refractivity contribution in [3.8, 4) is 11.5 Å². The van der Waals surface area contributed by atoms with E-state index in [4.69, 9.17) is 9.47 Å². The topological polar surface area (TPSA) is 99.4 Å². The Balaban J connectivity index is 1.52. The van der Waals surface area contributed by atoms with Gasteiger partial charge in [-0.15, -0.1) is 0 Å². The van der Waals surface area contributed by atoms with E-state index in [0.717, 1.165) is 17.7 Å². The van der Waals surface area contributed by atoms with Crippen LogP contribution in [-0.4, -0.2) is 51.4 Å². The van der Waals surface area contributed by atoms with E-state index in [2.05, 4.69) is 19.9 Å². The molecule has 29 heavy (non-hydrogen) atoms. The van der Waals surface area contributed by atoms with Crippen molar-refractivity contribution < 1.29 is 29.9 Å². The number of fused-ring (bicyclic) bond motifs is 1. The second-order valence-corrected chi connectivity index (χ2v) is 8.16. The molecule has 2 aromatic carbocycles. The van der Waals surface area contributed by atoms with E-state index in [1.54, 1.807) is 6.07 Å². The monoisotopic (exact) mass is 400 g/mol. The van der Waals surface area contributed by atoms with Crippen molar-refractivity contribution in [2.45, 2.75) is 63.6 Å². The number of aliphatic hydroxyl groups excluding tert-OH is 3. The highest BCUT2D eigenvalue weighted by Crippen LogP contribution is 2.38. The standard InChI is InChI=1S/C23H28O6/c1-12-3-6-20-16(13(12)2)9-15(28-20)7-14-4-5-18(25)17(8-14)21-10-19(26)23(27)22(11-24)29-21/h3-6,8,15,19,21-27H,7,9-11H2,1-2H3/t15?,19-,21-,22-,23+/m1/s1. The minimum absolute atomic E-state index is 0.0211. The van der Waals surface area contributed by atoms with E-state index in [0.29, 0.717) is 12.0 Å². The predicted octanol–water partition coefficient (Wildman–Crippen LogP) is 2.10. The van der Waals surface area contributed by atoms with Crippen LogP contribution >= 0.6 is 0 Å². The van der Waals surface area contributed by atoms with Gasteiger partial charge in [0.05, 0.1) is 18.8 Å². The molecule has 5 atom stereocenters. The zero-order valence-corrected chi connectivity index (χ0v) is 16.7. The Hall–Kier alpha value is -2.12. The molecule has 0 bridgehead atoms.